The first-order valence-electron chi connectivity index (χ1n) is 5.72. The molecule has 100 valence electrons. The number of aryl methyl sites for hydroxylation is 2. The third kappa shape index (κ3) is 2.71. The number of nitrogens with zero attached hydrogens (tertiary/aromatic N) is 3. The Morgan fingerprint density at radius 2 is 2.21 bits per heavy atom. The van der Waals surface area contributed by atoms with E-state index in [1.807, 2.05) is 0 Å². The summed E-state index contributed by atoms with van der Waals surface area (Å²) in [6.07, 6.45) is 3.28. The van der Waals surface area contributed by atoms with Crippen LogP contribution in [0.4, 0.5) is 5.82 Å². The molecule has 0 spiro atoms. The Kier molecular flexibility index (Phi) is 3.48. The second-order valence-electron chi connectivity index (χ2n) is 4.20. The van der Waals surface area contributed by atoms with Crippen LogP contribution in [0, 0.1) is 0 Å². The summed E-state index contributed by atoms with van der Waals surface area (Å²) in [5, 5.41) is 6.75. The molecule has 0 saturated carbocycles. The summed E-state index contributed by atoms with van der Waals surface area (Å²) in [7, 11) is 3.36. The molecule has 0 aliphatic heterocycles. The average Bonchev–Trinajstić information content (AvgIpc) is 2.72. The number of nitrogens with two attached hydrogens (primary N) is 1. The lowest BCUT2D eigenvalue weighted by atomic mass is 10.2. The number of amides is 1. The Balaban J connectivity index is 2.25. The number of hydrogen-bond acceptors (Lipinski definition) is 4. The van der Waals surface area contributed by atoms with Crippen LogP contribution in [0.1, 0.15) is 15.9 Å². The van der Waals surface area contributed by atoms with E-state index < -0.39 is 0 Å². The van der Waals surface area contributed by atoms with Crippen molar-refractivity contribution >= 4 is 11.7 Å². The van der Waals surface area contributed by atoms with E-state index in [1.54, 1.807) is 37.2 Å². The topological polar surface area (TPSA) is 94.9 Å². The fourth-order valence-electron chi connectivity index (χ4n) is 1.66. The lowest BCUT2D eigenvalue weighted by molar-refractivity contribution is 0.102. The number of carbonyl (C=O) groups is 1. The lowest BCUT2D eigenvalue weighted by Gasteiger charge is -2.04. The molecule has 0 radical (unpaired) electrons. The van der Waals surface area contributed by atoms with Gasteiger partial charge < -0.3 is 15.6 Å². The van der Waals surface area contributed by atoms with Crippen LogP contribution in [-0.2, 0) is 20.6 Å². The molecule has 0 aromatic carbocycles. The molecule has 3 N–H and O–H groups in total. The molecule has 0 aliphatic carbocycles. The maximum atomic E-state index is 12.0. The van der Waals surface area contributed by atoms with Crippen molar-refractivity contribution in [3.05, 3.63) is 46.0 Å². The van der Waals surface area contributed by atoms with E-state index in [1.165, 1.54) is 10.6 Å². The molecule has 2 aromatic rings. The summed E-state index contributed by atoms with van der Waals surface area (Å²) < 4.78 is 2.96. The van der Waals surface area contributed by atoms with E-state index in [0.29, 0.717) is 5.82 Å². The van der Waals surface area contributed by atoms with Crippen molar-refractivity contribution in [1.29, 1.82) is 0 Å². The van der Waals surface area contributed by atoms with Gasteiger partial charge >= 0.3 is 0 Å². The van der Waals surface area contributed by atoms with Gasteiger partial charge in [0.25, 0.3) is 11.5 Å². The van der Waals surface area contributed by atoms with Gasteiger partial charge in [-0.2, -0.15) is 5.10 Å². The molecule has 0 fully saturated rings. The number of aromatic nitrogens is 3. The molecule has 7 nitrogen and oxygen atoms in total. The van der Waals surface area contributed by atoms with Crippen LogP contribution in [0.15, 0.2) is 29.3 Å². The molecule has 2 rings (SSSR count). The smallest absolute Gasteiger partial charge is 0.257 e. The van der Waals surface area contributed by atoms with E-state index in [-0.39, 0.29) is 23.6 Å². The van der Waals surface area contributed by atoms with Crippen molar-refractivity contribution in [2.24, 2.45) is 19.8 Å². The van der Waals surface area contributed by atoms with Crippen LogP contribution in [-0.4, -0.2) is 20.3 Å². The van der Waals surface area contributed by atoms with Gasteiger partial charge in [0.1, 0.15) is 0 Å². The van der Waals surface area contributed by atoms with Gasteiger partial charge in [-0.1, -0.05) is 0 Å². The van der Waals surface area contributed by atoms with Crippen LogP contribution in [0.3, 0.4) is 0 Å². The van der Waals surface area contributed by atoms with E-state index in [2.05, 4.69) is 10.4 Å². The Labute approximate surface area is 109 Å². The van der Waals surface area contributed by atoms with E-state index in [0.717, 1.165) is 5.56 Å². The predicted octanol–water partition coefficient (Wildman–Crippen LogP) is -0.170. The highest BCUT2D eigenvalue weighted by Gasteiger charge is 2.12. The van der Waals surface area contributed by atoms with Crippen molar-refractivity contribution in [2.45, 2.75) is 6.54 Å². The minimum Gasteiger partial charge on any atom is -0.326 e. The summed E-state index contributed by atoms with van der Waals surface area (Å²) in [5.74, 6) is 0.0294. The number of rotatable bonds is 3. The standard InChI is InChI=1S/C12H15N5O2/c1-16-4-3-8(5-10(16)18)12(19)14-11-9(6-13)7-17(2)15-11/h3-5,7H,6,13H2,1-2H3,(H,14,15,19). The highest BCUT2D eigenvalue weighted by Crippen LogP contribution is 2.12. The Morgan fingerprint density at radius 1 is 1.47 bits per heavy atom. The van der Waals surface area contributed by atoms with Gasteiger partial charge in [-0.25, -0.2) is 0 Å². The molecule has 19 heavy (non-hydrogen) atoms. The quantitative estimate of drug-likeness (QED) is 0.802. The number of pyridine rings is 1. The van der Waals surface area contributed by atoms with Crippen LogP contribution >= 0.6 is 0 Å². The maximum Gasteiger partial charge on any atom is 0.257 e. The van der Waals surface area contributed by atoms with Crippen LogP contribution in [0.2, 0.25) is 0 Å². The molecule has 0 saturated heterocycles. The molecule has 2 heterocycles. The minimum atomic E-state index is -0.383. The van der Waals surface area contributed by atoms with Gasteiger partial charge in [-0.15, -0.1) is 0 Å². The monoisotopic (exact) mass is 261 g/mol. The van der Waals surface area contributed by atoms with Gasteiger partial charge in [0.2, 0.25) is 0 Å². The number of nitrogens with one attached hydrogen (secondary N) is 1. The zero-order valence-electron chi connectivity index (χ0n) is 10.8. The van der Waals surface area contributed by atoms with Crippen LogP contribution in [0.25, 0.3) is 0 Å². The number of anilines is 1. The highest BCUT2D eigenvalue weighted by molar-refractivity contribution is 6.03. The van der Waals surface area contributed by atoms with Crippen molar-refractivity contribution < 1.29 is 4.79 Å². The third-order valence-electron chi connectivity index (χ3n) is 2.72. The van der Waals surface area contributed by atoms with E-state index >= 15 is 0 Å². The molecular formula is C12H15N5O2. The van der Waals surface area contributed by atoms with Crippen molar-refractivity contribution in [3.63, 3.8) is 0 Å². The molecular weight excluding hydrogens is 246 g/mol. The Hall–Kier alpha value is -2.41. The molecule has 0 bridgehead atoms. The lowest BCUT2D eigenvalue weighted by Crippen LogP contribution is -2.20. The molecule has 0 aliphatic rings. The number of hydrogen-bond donors (Lipinski definition) is 2. The fraction of sp³-hybridized carbons (Fsp3) is 0.250. The number of carbonyl (C=O) groups excluding carboxylic acids is 1. The second-order valence-corrected chi connectivity index (χ2v) is 4.20. The molecule has 0 unspecified atom stereocenters. The summed E-state index contributed by atoms with van der Waals surface area (Å²) in [6.45, 7) is 0.278. The first kappa shape index (κ1) is 13.0. The molecule has 1 amide bonds. The summed E-state index contributed by atoms with van der Waals surface area (Å²) in [4.78, 5) is 23.5. The molecule has 0 atom stereocenters. The molecule has 2 aromatic heterocycles. The van der Waals surface area contributed by atoms with E-state index in [4.69, 9.17) is 5.73 Å². The van der Waals surface area contributed by atoms with E-state index in [9.17, 15) is 9.59 Å². The van der Waals surface area contributed by atoms with Crippen molar-refractivity contribution in [1.82, 2.24) is 14.3 Å². The Morgan fingerprint density at radius 3 is 2.84 bits per heavy atom. The minimum absolute atomic E-state index is 0.243. The third-order valence-corrected chi connectivity index (χ3v) is 2.72. The van der Waals surface area contributed by atoms with Crippen molar-refractivity contribution in [3.8, 4) is 0 Å². The van der Waals surface area contributed by atoms with Crippen LogP contribution < -0.4 is 16.6 Å². The van der Waals surface area contributed by atoms with Crippen molar-refractivity contribution in [2.75, 3.05) is 5.32 Å². The normalized spacial score (nSPS) is 10.5. The summed E-state index contributed by atoms with van der Waals surface area (Å²) in [5.41, 5.74) is 6.35. The fourth-order valence-corrected chi connectivity index (χ4v) is 1.66. The zero-order chi connectivity index (χ0) is 14.0. The predicted molar refractivity (Wildman–Crippen MR) is 70.7 cm³/mol. The van der Waals surface area contributed by atoms with Gasteiger partial charge in [-0.05, 0) is 6.07 Å². The van der Waals surface area contributed by atoms with Gasteiger partial charge in [0, 0.05) is 50.2 Å². The average molecular weight is 261 g/mol. The maximum absolute atomic E-state index is 12.0. The first-order valence-corrected chi connectivity index (χ1v) is 5.72. The summed E-state index contributed by atoms with van der Waals surface area (Å²) in [6, 6.07) is 2.85. The van der Waals surface area contributed by atoms with Gasteiger partial charge in [0.05, 0.1) is 0 Å². The molecule has 7 heteroatoms. The second kappa shape index (κ2) is 5.07. The highest BCUT2D eigenvalue weighted by atomic mass is 16.2. The Bertz CT molecular complexity index is 671. The van der Waals surface area contributed by atoms with Gasteiger partial charge in [-0.3, -0.25) is 14.3 Å². The largest absolute Gasteiger partial charge is 0.326 e. The van der Waals surface area contributed by atoms with Crippen LogP contribution in [0.5, 0.6) is 0 Å². The van der Waals surface area contributed by atoms with Gasteiger partial charge in [0.15, 0.2) is 5.82 Å². The zero-order valence-corrected chi connectivity index (χ0v) is 10.8. The SMILES string of the molecule is Cn1cc(CN)c(NC(=O)c2ccn(C)c(=O)c2)n1. The summed E-state index contributed by atoms with van der Waals surface area (Å²) >= 11 is 0. The first-order chi connectivity index (χ1) is 9.01.